The molecule has 22 heavy (non-hydrogen) atoms. The minimum Gasteiger partial charge on any atom is -0.379 e. The van der Waals surface area contributed by atoms with Crippen molar-refractivity contribution >= 4 is 17.5 Å². The summed E-state index contributed by atoms with van der Waals surface area (Å²) in [5.74, 6) is -0.427. The highest BCUT2D eigenvalue weighted by atomic mass is 16.5. The second-order valence-corrected chi connectivity index (χ2v) is 4.54. The van der Waals surface area contributed by atoms with Crippen LogP contribution < -0.4 is 10.6 Å². The molecular formula is C15H23N3O4. The molecule has 0 fully saturated rings. The molecule has 2 amide bonds. The van der Waals surface area contributed by atoms with E-state index in [9.17, 15) is 9.59 Å². The summed E-state index contributed by atoms with van der Waals surface area (Å²) < 4.78 is 10.4. The van der Waals surface area contributed by atoms with Crippen LogP contribution in [0.1, 0.15) is 20.3 Å². The molecule has 1 atom stereocenters. The van der Waals surface area contributed by atoms with Crippen molar-refractivity contribution in [3.63, 3.8) is 0 Å². The van der Waals surface area contributed by atoms with Gasteiger partial charge in [0, 0.05) is 25.8 Å². The standard InChI is InChI=1S/C15H23N3O4/c1-3-21-9-10-22-12(2)15(20)17-8-6-14(19)18-13-5-4-7-16-11-13/h4-5,7,11-12H,3,6,8-10H2,1-2H3,(H,17,20)(H,18,19). The number of pyridine rings is 1. The molecule has 0 saturated carbocycles. The largest absolute Gasteiger partial charge is 0.379 e. The average Bonchev–Trinajstić information content (AvgIpc) is 2.52. The number of hydrogen-bond donors (Lipinski definition) is 2. The highest BCUT2D eigenvalue weighted by molar-refractivity contribution is 5.91. The zero-order chi connectivity index (χ0) is 16.2. The van der Waals surface area contributed by atoms with Gasteiger partial charge in [-0.25, -0.2) is 0 Å². The van der Waals surface area contributed by atoms with Crippen LogP contribution in [0.5, 0.6) is 0 Å². The van der Waals surface area contributed by atoms with Crippen LogP contribution in [0.3, 0.4) is 0 Å². The molecule has 0 aliphatic carbocycles. The number of rotatable bonds is 10. The Morgan fingerprint density at radius 2 is 2.18 bits per heavy atom. The van der Waals surface area contributed by atoms with Gasteiger partial charge >= 0.3 is 0 Å². The van der Waals surface area contributed by atoms with Crippen LogP contribution in [0.4, 0.5) is 5.69 Å². The summed E-state index contributed by atoms with van der Waals surface area (Å²) in [5.41, 5.74) is 0.631. The van der Waals surface area contributed by atoms with Crippen molar-refractivity contribution in [2.75, 3.05) is 31.7 Å². The number of anilines is 1. The molecule has 1 aromatic heterocycles. The molecule has 0 bridgehead atoms. The van der Waals surface area contributed by atoms with Crippen molar-refractivity contribution in [2.24, 2.45) is 0 Å². The van der Waals surface area contributed by atoms with Crippen molar-refractivity contribution in [1.29, 1.82) is 0 Å². The van der Waals surface area contributed by atoms with Gasteiger partial charge in [0.25, 0.3) is 0 Å². The lowest BCUT2D eigenvalue weighted by atomic mass is 10.3. The SMILES string of the molecule is CCOCCOC(C)C(=O)NCCC(=O)Nc1cccnc1. The second kappa shape index (κ2) is 10.7. The molecule has 0 spiro atoms. The van der Waals surface area contributed by atoms with Crippen LogP contribution in [0.25, 0.3) is 0 Å². The number of ether oxygens (including phenoxy) is 2. The lowest BCUT2D eigenvalue weighted by Gasteiger charge is -2.13. The summed E-state index contributed by atoms with van der Waals surface area (Å²) in [6.45, 7) is 5.26. The van der Waals surface area contributed by atoms with Gasteiger partial charge in [-0.1, -0.05) is 0 Å². The number of amides is 2. The predicted octanol–water partition coefficient (Wildman–Crippen LogP) is 0.968. The first-order valence-corrected chi connectivity index (χ1v) is 7.30. The number of carbonyl (C=O) groups excluding carboxylic acids is 2. The van der Waals surface area contributed by atoms with Crippen LogP contribution in [0.15, 0.2) is 24.5 Å². The molecule has 1 rings (SSSR count). The number of nitrogens with one attached hydrogen (secondary N) is 2. The van der Waals surface area contributed by atoms with Gasteiger partial charge < -0.3 is 20.1 Å². The molecule has 2 N–H and O–H groups in total. The number of carbonyl (C=O) groups is 2. The molecule has 0 aliphatic heterocycles. The van der Waals surface area contributed by atoms with Gasteiger partial charge in [0.1, 0.15) is 6.10 Å². The van der Waals surface area contributed by atoms with Crippen molar-refractivity contribution < 1.29 is 19.1 Å². The van der Waals surface area contributed by atoms with Gasteiger partial charge in [0.05, 0.1) is 25.1 Å². The lowest BCUT2D eigenvalue weighted by molar-refractivity contribution is -0.132. The fourth-order valence-electron chi connectivity index (χ4n) is 1.61. The maximum Gasteiger partial charge on any atom is 0.248 e. The van der Waals surface area contributed by atoms with Gasteiger partial charge in [0.2, 0.25) is 11.8 Å². The summed E-state index contributed by atoms with van der Waals surface area (Å²) in [5, 5.41) is 5.35. The molecule has 1 unspecified atom stereocenters. The zero-order valence-electron chi connectivity index (χ0n) is 13.0. The third-order valence-electron chi connectivity index (χ3n) is 2.77. The van der Waals surface area contributed by atoms with E-state index in [1.54, 1.807) is 31.5 Å². The molecular weight excluding hydrogens is 286 g/mol. The topological polar surface area (TPSA) is 89.5 Å². The van der Waals surface area contributed by atoms with E-state index in [2.05, 4.69) is 15.6 Å². The first-order valence-electron chi connectivity index (χ1n) is 7.30. The van der Waals surface area contributed by atoms with Gasteiger partial charge in [-0.15, -0.1) is 0 Å². The minimum atomic E-state index is -0.568. The Bertz CT molecular complexity index is 453. The Hall–Kier alpha value is -1.99. The van der Waals surface area contributed by atoms with Crippen LogP contribution in [0.2, 0.25) is 0 Å². The lowest BCUT2D eigenvalue weighted by Crippen LogP contribution is -2.36. The van der Waals surface area contributed by atoms with Crippen LogP contribution in [-0.2, 0) is 19.1 Å². The summed E-state index contributed by atoms with van der Waals surface area (Å²) in [6, 6.07) is 3.48. The zero-order valence-corrected chi connectivity index (χ0v) is 13.0. The third kappa shape index (κ3) is 7.70. The average molecular weight is 309 g/mol. The van der Waals surface area contributed by atoms with Crippen LogP contribution in [-0.4, -0.2) is 49.3 Å². The molecule has 1 aromatic rings. The van der Waals surface area contributed by atoms with E-state index in [1.165, 1.54) is 0 Å². The summed E-state index contributed by atoms with van der Waals surface area (Å²) in [7, 11) is 0. The first kappa shape index (κ1) is 18.1. The predicted molar refractivity (Wildman–Crippen MR) is 82.4 cm³/mol. The minimum absolute atomic E-state index is 0.182. The Kier molecular flexibility index (Phi) is 8.78. The van der Waals surface area contributed by atoms with Crippen molar-refractivity contribution in [2.45, 2.75) is 26.4 Å². The summed E-state index contributed by atoms with van der Waals surface area (Å²) in [6.07, 6.45) is 2.81. The number of nitrogens with zero attached hydrogens (tertiary/aromatic N) is 1. The van der Waals surface area contributed by atoms with Crippen LogP contribution >= 0.6 is 0 Å². The highest BCUT2D eigenvalue weighted by Gasteiger charge is 2.13. The molecule has 122 valence electrons. The molecule has 1 heterocycles. The normalized spacial score (nSPS) is 11.7. The van der Waals surface area contributed by atoms with E-state index in [-0.39, 0.29) is 24.8 Å². The van der Waals surface area contributed by atoms with E-state index >= 15 is 0 Å². The highest BCUT2D eigenvalue weighted by Crippen LogP contribution is 2.02. The second-order valence-electron chi connectivity index (χ2n) is 4.54. The number of hydrogen-bond acceptors (Lipinski definition) is 5. The van der Waals surface area contributed by atoms with E-state index in [1.807, 2.05) is 6.92 Å². The molecule has 7 nitrogen and oxygen atoms in total. The first-order chi connectivity index (χ1) is 10.6. The summed E-state index contributed by atoms with van der Waals surface area (Å²) >= 11 is 0. The maximum atomic E-state index is 11.7. The molecule has 0 radical (unpaired) electrons. The summed E-state index contributed by atoms with van der Waals surface area (Å²) in [4.78, 5) is 27.3. The third-order valence-corrected chi connectivity index (χ3v) is 2.77. The quantitative estimate of drug-likeness (QED) is 0.629. The fraction of sp³-hybridized carbons (Fsp3) is 0.533. The fourth-order valence-corrected chi connectivity index (χ4v) is 1.61. The van der Waals surface area contributed by atoms with Crippen molar-refractivity contribution in [3.05, 3.63) is 24.5 Å². The molecule has 0 saturated heterocycles. The molecule has 0 aliphatic rings. The Morgan fingerprint density at radius 1 is 1.36 bits per heavy atom. The van der Waals surface area contributed by atoms with Crippen molar-refractivity contribution in [3.8, 4) is 0 Å². The number of aromatic nitrogens is 1. The Balaban J connectivity index is 2.14. The van der Waals surface area contributed by atoms with Gasteiger partial charge in [0.15, 0.2) is 0 Å². The monoisotopic (exact) mass is 309 g/mol. The van der Waals surface area contributed by atoms with Crippen LogP contribution in [0, 0.1) is 0 Å². The maximum absolute atomic E-state index is 11.7. The Morgan fingerprint density at radius 3 is 2.86 bits per heavy atom. The van der Waals surface area contributed by atoms with E-state index in [0.29, 0.717) is 25.5 Å². The van der Waals surface area contributed by atoms with Crippen molar-refractivity contribution in [1.82, 2.24) is 10.3 Å². The Labute approximate surface area is 130 Å². The molecule has 7 heteroatoms. The smallest absolute Gasteiger partial charge is 0.248 e. The van der Waals surface area contributed by atoms with Gasteiger partial charge in [-0.05, 0) is 26.0 Å². The van der Waals surface area contributed by atoms with E-state index in [4.69, 9.17) is 9.47 Å². The van der Waals surface area contributed by atoms with E-state index < -0.39 is 6.10 Å². The molecule has 0 aromatic carbocycles. The van der Waals surface area contributed by atoms with Gasteiger partial charge in [-0.2, -0.15) is 0 Å². The van der Waals surface area contributed by atoms with Gasteiger partial charge in [-0.3, -0.25) is 14.6 Å². The van der Waals surface area contributed by atoms with E-state index in [0.717, 1.165) is 0 Å².